The lowest BCUT2D eigenvalue weighted by Gasteiger charge is -2.35. The average molecular weight is 724 g/mol. The number of halogens is 1. The maximum atomic E-state index is 14.5. The lowest BCUT2D eigenvalue weighted by atomic mass is 10.0. The maximum Gasteiger partial charge on any atom is 0.264 e. The van der Waals surface area contributed by atoms with E-state index in [1.807, 2.05) is 82.3 Å². The van der Waals surface area contributed by atoms with Crippen molar-refractivity contribution in [3.8, 4) is 0 Å². The normalized spacial score (nSPS) is 12.3. The van der Waals surface area contributed by atoms with E-state index in [1.54, 1.807) is 42.5 Å². The Labute approximate surface area is 274 Å². The standard InChI is InChI=1S/C35H38IN3O4S/c1-26-12-11-15-28(22-26)24-38(32(34(41)37-35(2,3)4)23-27-13-7-5-8-14-27)33(40)25-39(30-20-18-29(36)19-21-30)44(42,43)31-16-9-6-10-17-31/h5-22,32H,23-25H2,1-4H3,(H,37,41)/t32-/m0/s1. The summed E-state index contributed by atoms with van der Waals surface area (Å²) in [6, 6.07) is 31.4. The van der Waals surface area contributed by atoms with Crippen LogP contribution in [0, 0.1) is 10.5 Å². The Morgan fingerprint density at radius 3 is 2.00 bits per heavy atom. The van der Waals surface area contributed by atoms with Crippen molar-refractivity contribution in [2.75, 3.05) is 10.8 Å². The second-order valence-corrected chi connectivity index (χ2v) is 14.9. The molecule has 0 bridgehead atoms. The van der Waals surface area contributed by atoms with E-state index >= 15 is 0 Å². The number of hydrogen-bond acceptors (Lipinski definition) is 4. The van der Waals surface area contributed by atoms with E-state index in [1.165, 1.54) is 17.0 Å². The fourth-order valence-electron chi connectivity index (χ4n) is 4.87. The van der Waals surface area contributed by atoms with Gasteiger partial charge in [-0.3, -0.25) is 13.9 Å². The third-order valence-electron chi connectivity index (χ3n) is 6.93. The first-order chi connectivity index (χ1) is 20.8. The van der Waals surface area contributed by atoms with Gasteiger partial charge in [-0.1, -0.05) is 78.4 Å². The summed E-state index contributed by atoms with van der Waals surface area (Å²) in [5, 5.41) is 3.05. The van der Waals surface area contributed by atoms with Crippen molar-refractivity contribution in [2.24, 2.45) is 0 Å². The number of hydrogen-bond donors (Lipinski definition) is 1. The molecule has 0 saturated heterocycles. The number of amides is 2. The molecule has 4 rings (SSSR count). The molecule has 0 heterocycles. The zero-order chi connectivity index (χ0) is 31.9. The second-order valence-electron chi connectivity index (χ2n) is 11.8. The first kappa shape index (κ1) is 33.2. The Kier molecular flexibility index (Phi) is 10.9. The molecular weight excluding hydrogens is 685 g/mol. The van der Waals surface area contributed by atoms with Gasteiger partial charge in [0.05, 0.1) is 10.6 Å². The molecule has 2 amide bonds. The topological polar surface area (TPSA) is 86.8 Å². The Balaban J connectivity index is 1.81. The number of nitrogens with one attached hydrogen (secondary N) is 1. The minimum Gasteiger partial charge on any atom is -0.350 e. The Morgan fingerprint density at radius 2 is 1.41 bits per heavy atom. The number of aryl methyl sites for hydroxylation is 1. The zero-order valence-corrected chi connectivity index (χ0v) is 28.4. The monoisotopic (exact) mass is 723 g/mol. The fraction of sp³-hybridized carbons (Fsp3) is 0.257. The molecular formula is C35H38IN3O4S. The number of rotatable bonds is 11. The van der Waals surface area contributed by atoms with Crippen LogP contribution in [0.3, 0.4) is 0 Å². The van der Waals surface area contributed by atoms with Crippen LogP contribution in [0.25, 0.3) is 0 Å². The minimum atomic E-state index is -4.13. The summed E-state index contributed by atoms with van der Waals surface area (Å²) in [5.74, 6) is -0.802. The maximum absolute atomic E-state index is 14.5. The third kappa shape index (κ3) is 8.92. The van der Waals surface area contributed by atoms with Gasteiger partial charge in [0, 0.05) is 22.1 Å². The largest absolute Gasteiger partial charge is 0.350 e. The Morgan fingerprint density at radius 1 is 0.818 bits per heavy atom. The highest BCUT2D eigenvalue weighted by Gasteiger charge is 2.35. The molecule has 0 aliphatic rings. The molecule has 7 nitrogen and oxygen atoms in total. The third-order valence-corrected chi connectivity index (χ3v) is 9.44. The molecule has 4 aromatic carbocycles. The SMILES string of the molecule is Cc1cccc(CN(C(=O)CN(c2ccc(I)cc2)S(=O)(=O)c2ccccc2)[C@@H](Cc2ccccc2)C(=O)NC(C)(C)C)c1. The fourth-order valence-corrected chi connectivity index (χ4v) is 6.66. The van der Waals surface area contributed by atoms with Crippen molar-refractivity contribution in [2.45, 2.75) is 57.1 Å². The van der Waals surface area contributed by atoms with Gasteiger partial charge >= 0.3 is 0 Å². The Hall–Kier alpha value is -3.70. The number of nitrogens with zero attached hydrogens (tertiary/aromatic N) is 2. The van der Waals surface area contributed by atoms with Gasteiger partial charge in [-0.25, -0.2) is 8.42 Å². The van der Waals surface area contributed by atoms with E-state index in [0.29, 0.717) is 5.69 Å². The van der Waals surface area contributed by atoms with Crippen LogP contribution in [0.4, 0.5) is 5.69 Å². The van der Waals surface area contributed by atoms with Crippen LogP contribution in [0.1, 0.15) is 37.5 Å². The molecule has 0 unspecified atom stereocenters. The highest BCUT2D eigenvalue weighted by Crippen LogP contribution is 2.26. The van der Waals surface area contributed by atoms with Crippen LogP contribution in [0.5, 0.6) is 0 Å². The number of carbonyl (C=O) groups is 2. The molecule has 0 aliphatic heterocycles. The summed E-state index contributed by atoms with van der Waals surface area (Å²) in [5.41, 5.74) is 2.55. The number of sulfonamides is 1. The van der Waals surface area contributed by atoms with Gasteiger partial charge in [-0.2, -0.15) is 0 Å². The van der Waals surface area contributed by atoms with E-state index in [4.69, 9.17) is 0 Å². The van der Waals surface area contributed by atoms with Crippen LogP contribution < -0.4 is 9.62 Å². The van der Waals surface area contributed by atoms with Crippen molar-refractivity contribution in [3.05, 3.63) is 129 Å². The van der Waals surface area contributed by atoms with E-state index in [0.717, 1.165) is 24.6 Å². The summed E-state index contributed by atoms with van der Waals surface area (Å²) in [6.45, 7) is 7.28. The number of carbonyl (C=O) groups excluding carboxylic acids is 2. The molecule has 0 aromatic heterocycles. The molecule has 230 valence electrons. The lowest BCUT2D eigenvalue weighted by Crippen LogP contribution is -2.56. The summed E-state index contributed by atoms with van der Waals surface area (Å²) >= 11 is 2.15. The van der Waals surface area contributed by atoms with Crippen LogP contribution in [0.2, 0.25) is 0 Å². The second kappa shape index (κ2) is 14.4. The quantitative estimate of drug-likeness (QED) is 0.183. The predicted octanol–water partition coefficient (Wildman–Crippen LogP) is 6.35. The van der Waals surface area contributed by atoms with Gasteiger partial charge in [0.1, 0.15) is 12.6 Å². The molecule has 0 radical (unpaired) electrons. The van der Waals surface area contributed by atoms with E-state index in [9.17, 15) is 18.0 Å². The molecule has 44 heavy (non-hydrogen) atoms. The van der Waals surface area contributed by atoms with Crippen LogP contribution >= 0.6 is 22.6 Å². The molecule has 0 fully saturated rings. The van der Waals surface area contributed by atoms with Crippen LogP contribution in [-0.2, 0) is 32.6 Å². The van der Waals surface area contributed by atoms with Gasteiger partial charge in [0.2, 0.25) is 11.8 Å². The molecule has 0 aliphatic carbocycles. The van der Waals surface area contributed by atoms with Crippen molar-refractivity contribution >= 4 is 50.1 Å². The summed E-state index contributed by atoms with van der Waals surface area (Å²) in [4.78, 5) is 30.0. The first-order valence-corrected chi connectivity index (χ1v) is 16.9. The number of anilines is 1. The predicted molar refractivity (Wildman–Crippen MR) is 184 cm³/mol. The van der Waals surface area contributed by atoms with Gasteiger partial charge in [0.25, 0.3) is 10.0 Å². The Bertz CT molecular complexity index is 1670. The highest BCUT2D eigenvalue weighted by molar-refractivity contribution is 14.1. The lowest BCUT2D eigenvalue weighted by molar-refractivity contribution is -0.140. The van der Waals surface area contributed by atoms with E-state index < -0.39 is 34.1 Å². The van der Waals surface area contributed by atoms with Gasteiger partial charge in [0.15, 0.2) is 0 Å². The van der Waals surface area contributed by atoms with Crippen molar-refractivity contribution < 1.29 is 18.0 Å². The molecule has 4 aromatic rings. The highest BCUT2D eigenvalue weighted by atomic mass is 127. The van der Waals surface area contributed by atoms with Gasteiger partial charge in [-0.05, 0) is 97.8 Å². The van der Waals surface area contributed by atoms with Crippen LogP contribution in [-0.4, -0.2) is 43.3 Å². The van der Waals surface area contributed by atoms with Crippen LogP contribution in [0.15, 0.2) is 114 Å². The molecule has 1 N–H and O–H groups in total. The molecule has 9 heteroatoms. The smallest absolute Gasteiger partial charge is 0.264 e. The zero-order valence-electron chi connectivity index (χ0n) is 25.4. The molecule has 1 atom stereocenters. The van der Waals surface area contributed by atoms with Gasteiger partial charge < -0.3 is 10.2 Å². The minimum absolute atomic E-state index is 0.0721. The molecule has 0 spiro atoms. The van der Waals surface area contributed by atoms with Crippen molar-refractivity contribution in [3.63, 3.8) is 0 Å². The first-order valence-electron chi connectivity index (χ1n) is 14.4. The summed E-state index contributed by atoms with van der Waals surface area (Å²) in [6.07, 6.45) is 0.259. The van der Waals surface area contributed by atoms with Gasteiger partial charge in [-0.15, -0.1) is 0 Å². The summed E-state index contributed by atoms with van der Waals surface area (Å²) < 4.78 is 30.1. The summed E-state index contributed by atoms with van der Waals surface area (Å²) in [7, 11) is -4.13. The van der Waals surface area contributed by atoms with Crippen molar-refractivity contribution in [1.82, 2.24) is 10.2 Å². The number of benzene rings is 4. The van der Waals surface area contributed by atoms with E-state index in [2.05, 4.69) is 27.9 Å². The van der Waals surface area contributed by atoms with E-state index in [-0.39, 0.29) is 23.8 Å². The molecule has 0 saturated carbocycles. The van der Waals surface area contributed by atoms with Crippen molar-refractivity contribution in [1.29, 1.82) is 0 Å². The average Bonchev–Trinajstić information content (AvgIpc) is 2.98.